The number of rotatable bonds is 13. The van der Waals surface area contributed by atoms with E-state index in [9.17, 15) is 28.8 Å². The first-order valence-electron chi connectivity index (χ1n) is 16.2. The standard InChI is InChI=1S/C35H51N5O6/c1-19(2)24-18-40(27(21(24)5)31(43)37-25(17-22-15-16-22)29(42)32(44)36-9)33(45)30(35(6,7)8)39-34(46)38-26(20(3)4)28(41)23-13-11-10-12-14-23/h10-14,19-20,22,24-27,30H,5,15-18H2,1-4,6-9H3,(H,36,44)(H,37,43)(H2,38,39,46)/t24-,25?,26+,27+,30-/m1/s1. The number of nitrogens with one attached hydrogen (secondary N) is 4. The van der Waals surface area contributed by atoms with Crippen LogP contribution in [0.15, 0.2) is 42.5 Å². The number of likely N-dealkylation sites (N-methyl/N-ethyl adjacent to an activating group) is 1. The van der Waals surface area contributed by atoms with Gasteiger partial charge in [-0.1, -0.05) is 98.2 Å². The highest BCUT2D eigenvalue weighted by Crippen LogP contribution is 2.37. The van der Waals surface area contributed by atoms with Crippen molar-refractivity contribution in [2.75, 3.05) is 13.6 Å². The highest BCUT2D eigenvalue weighted by Gasteiger charge is 2.48. The number of Topliss-reactive ketones (excluding diaryl/α,β-unsaturated/α-hetero) is 2. The topological polar surface area (TPSA) is 154 Å². The van der Waals surface area contributed by atoms with E-state index in [2.05, 4.69) is 27.8 Å². The lowest BCUT2D eigenvalue weighted by molar-refractivity contribution is -0.143. The first-order valence-corrected chi connectivity index (χ1v) is 16.2. The fourth-order valence-corrected chi connectivity index (χ4v) is 5.90. The molecule has 1 aliphatic carbocycles. The van der Waals surface area contributed by atoms with Crippen LogP contribution in [0.25, 0.3) is 0 Å². The van der Waals surface area contributed by atoms with Gasteiger partial charge < -0.3 is 26.2 Å². The number of likely N-dealkylation sites (tertiary alicyclic amines) is 1. The second-order valence-corrected chi connectivity index (χ2v) is 14.4. The molecule has 5 amide bonds. The van der Waals surface area contributed by atoms with Crippen LogP contribution in [0.4, 0.5) is 4.79 Å². The molecule has 5 atom stereocenters. The summed E-state index contributed by atoms with van der Waals surface area (Å²) in [6.45, 7) is 17.4. The Balaban J connectivity index is 1.87. The minimum absolute atomic E-state index is 0.0514. The third kappa shape index (κ3) is 8.82. The smallest absolute Gasteiger partial charge is 0.316 e. The van der Waals surface area contributed by atoms with Crippen molar-refractivity contribution in [2.24, 2.45) is 29.1 Å². The molecule has 0 bridgehead atoms. The Kier molecular flexibility index (Phi) is 11.9. The molecular formula is C35H51N5O6. The van der Waals surface area contributed by atoms with Crippen molar-refractivity contribution in [3.05, 3.63) is 48.0 Å². The largest absolute Gasteiger partial charge is 0.353 e. The number of benzene rings is 1. The summed E-state index contributed by atoms with van der Waals surface area (Å²) in [6.07, 6.45) is 2.17. The van der Waals surface area contributed by atoms with Crippen LogP contribution < -0.4 is 21.3 Å². The van der Waals surface area contributed by atoms with Gasteiger partial charge in [0.05, 0.1) is 12.1 Å². The van der Waals surface area contributed by atoms with E-state index >= 15 is 0 Å². The highest BCUT2D eigenvalue weighted by molar-refractivity contribution is 6.38. The maximum absolute atomic E-state index is 14.4. The number of carbonyl (C=O) groups is 6. The molecule has 11 heteroatoms. The monoisotopic (exact) mass is 637 g/mol. The summed E-state index contributed by atoms with van der Waals surface area (Å²) in [7, 11) is 1.36. The lowest BCUT2D eigenvalue weighted by Gasteiger charge is -2.36. The van der Waals surface area contributed by atoms with Crippen LogP contribution in [-0.2, 0) is 19.2 Å². The summed E-state index contributed by atoms with van der Waals surface area (Å²) in [6, 6.07) is 3.96. The lowest BCUT2D eigenvalue weighted by Crippen LogP contribution is -2.61. The molecule has 252 valence electrons. The second kappa shape index (κ2) is 15.0. The summed E-state index contributed by atoms with van der Waals surface area (Å²) >= 11 is 0. The quantitative estimate of drug-likeness (QED) is 0.148. The molecule has 2 fully saturated rings. The van der Waals surface area contributed by atoms with Crippen LogP contribution in [0.1, 0.15) is 78.1 Å². The van der Waals surface area contributed by atoms with Crippen LogP contribution >= 0.6 is 0 Å². The van der Waals surface area contributed by atoms with Crippen molar-refractivity contribution < 1.29 is 28.8 Å². The van der Waals surface area contributed by atoms with E-state index < -0.39 is 59.1 Å². The van der Waals surface area contributed by atoms with Gasteiger partial charge in [0.1, 0.15) is 12.1 Å². The number of nitrogens with zero attached hydrogens (tertiary/aromatic N) is 1. The predicted octanol–water partition coefficient (Wildman–Crippen LogP) is 3.25. The minimum Gasteiger partial charge on any atom is -0.353 e. The van der Waals surface area contributed by atoms with E-state index in [0.29, 0.717) is 17.6 Å². The van der Waals surface area contributed by atoms with Gasteiger partial charge in [0, 0.05) is 25.1 Å². The maximum atomic E-state index is 14.4. The van der Waals surface area contributed by atoms with Gasteiger partial charge in [-0.15, -0.1) is 0 Å². The molecule has 1 saturated carbocycles. The van der Waals surface area contributed by atoms with Crippen LogP contribution in [0.5, 0.6) is 0 Å². The number of urea groups is 1. The van der Waals surface area contributed by atoms with E-state index in [1.165, 1.54) is 11.9 Å². The Morgan fingerprint density at radius 2 is 1.54 bits per heavy atom. The first kappa shape index (κ1) is 36.4. The van der Waals surface area contributed by atoms with Gasteiger partial charge in [0.15, 0.2) is 5.78 Å². The van der Waals surface area contributed by atoms with Crippen molar-refractivity contribution in [2.45, 2.75) is 91.9 Å². The van der Waals surface area contributed by atoms with Gasteiger partial charge in [-0.05, 0) is 35.2 Å². The fourth-order valence-electron chi connectivity index (χ4n) is 5.90. The van der Waals surface area contributed by atoms with E-state index in [-0.39, 0.29) is 36.0 Å². The summed E-state index contributed by atoms with van der Waals surface area (Å²) in [5.41, 5.74) is 0.209. The van der Waals surface area contributed by atoms with Crippen molar-refractivity contribution in [1.29, 1.82) is 0 Å². The molecule has 1 saturated heterocycles. The summed E-state index contributed by atoms with van der Waals surface area (Å²) in [5, 5.41) is 10.7. The number of carbonyl (C=O) groups excluding carboxylic acids is 6. The normalized spacial score (nSPS) is 20.1. The summed E-state index contributed by atoms with van der Waals surface area (Å²) < 4.78 is 0. The zero-order valence-electron chi connectivity index (χ0n) is 28.4. The summed E-state index contributed by atoms with van der Waals surface area (Å²) in [5.74, 6) is -3.00. The van der Waals surface area contributed by atoms with E-state index in [1.807, 2.05) is 27.7 Å². The Bertz CT molecular complexity index is 1330. The molecule has 0 spiro atoms. The second-order valence-electron chi connectivity index (χ2n) is 14.4. The predicted molar refractivity (Wildman–Crippen MR) is 176 cm³/mol. The van der Waals surface area contributed by atoms with Crippen molar-refractivity contribution in [3.63, 3.8) is 0 Å². The SMILES string of the molecule is C=C1[C@@H](C(=O)NC(CC2CC2)C(=O)C(=O)NC)N(C(=O)[C@@H](NC(=O)N[C@H](C(=O)c2ccccc2)C(C)C)C(C)(C)C)C[C@@H]1C(C)C. The Morgan fingerprint density at radius 1 is 0.935 bits per heavy atom. The number of ketones is 2. The van der Waals surface area contributed by atoms with Crippen molar-refractivity contribution >= 4 is 35.3 Å². The van der Waals surface area contributed by atoms with E-state index in [0.717, 1.165) is 12.8 Å². The lowest BCUT2D eigenvalue weighted by atomic mass is 9.85. The van der Waals surface area contributed by atoms with Gasteiger partial charge in [0.2, 0.25) is 17.6 Å². The Labute approximate surface area is 272 Å². The number of hydrogen-bond donors (Lipinski definition) is 4. The van der Waals surface area contributed by atoms with Gasteiger partial charge in [-0.25, -0.2) is 4.79 Å². The van der Waals surface area contributed by atoms with Crippen molar-refractivity contribution in [3.8, 4) is 0 Å². The first-order chi connectivity index (χ1) is 21.5. The molecule has 1 aromatic rings. The molecule has 1 aromatic carbocycles. The van der Waals surface area contributed by atoms with Gasteiger partial charge in [0.25, 0.3) is 5.91 Å². The molecule has 1 aliphatic heterocycles. The molecule has 1 unspecified atom stereocenters. The highest BCUT2D eigenvalue weighted by atomic mass is 16.2. The summed E-state index contributed by atoms with van der Waals surface area (Å²) in [4.78, 5) is 81.5. The third-order valence-corrected chi connectivity index (χ3v) is 8.90. The van der Waals surface area contributed by atoms with Crippen molar-refractivity contribution in [1.82, 2.24) is 26.2 Å². The van der Waals surface area contributed by atoms with E-state index in [4.69, 9.17) is 0 Å². The zero-order valence-corrected chi connectivity index (χ0v) is 28.4. The zero-order chi connectivity index (χ0) is 34.5. The van der Waals surface area contributed by atoms with Crippen LogP contribution in [-0.4, -0.2) is 78.0 Å². The van der Waals surface area contributed by atoms with Crippen LogP contribution in [0.3, 0.4) is 0 Å². The maximum Gasteiger partial charge on any atom is 0.316 e. The Hall–Kier alpha value is -4.02. The molecule has 11 nitrogen and oxygen atoms in total. The minimum atomic E-state index is -1.10. The van der Waals surface area contributed by atoms with E-state index in [1.54, 1.807) is 51.1 Å². The van der Waals surface area contributed by atoms with Gasteiger partial charge >= 0.3 is 6.03 Å². The number of hydrogen-bond acceptors (Lipinski definition) is 6. The fraction of sp³-hybridized carbons (Fsp3) is 0.600. The molecule has 3 rings (SSSR count). The number of amides is 5. The molecular weight excluding hydrogens is 586 g/mol. The molecule has 4 N–H and O–H groups in total. The van der Waals surface area contributed by atoms with Crippen LogP contribution in [0.2, 0.25) is 0 Å². The molecule has 46 heavy (non-hydrogen) atoms. The average Bonchev–Trinajstić information content (AvgIpc) is 3.75. The van der Waals surface area contributed by atoms with Gasteiger partial charge in [-0.2, -0.15) is 0 Å². The van der Waals surface area contributed by atoms with Gasteiger partial charge in [-0.3, -0.25) is 24.0 Å². The molecule has 0 radical (unpaired) electrons. The molecule has 1 heterocycles. The Morgan fingerprint density at radius 3 is 2.04 bits per heavy atom. The average molecular weight is 638 g/mol. The molecule has 0 aromatic heterocycles. The molecule has 2 aliphatic rings. The van der Waals surface area contributed by atoms with Crippen LogP contribution in [0, 0.1) is 29.1 Å². The third-order valence-electron chi connectivity index (χ3n) is 8.90.